The van der Waals surface area contributed by atoms with E-state index in [1.54, 1.807) is 12.3 Å². The zero-order valence-electron chi connectivity index (χ0n) is 19.4. The first-order valence-electron chi connectivity index (χ1n) is 11.0. The second kappa shape index (κ2) is 8.78. The number of morpholine rings is 1. The van der Waals surface area contributed by atoms with Gasteiger partial charge in [0.05, 0.1) is 29.5 Å². The SMILES string of the molecule is Cc1c([C@@H](C)Nc2nnc(C)c3cnc(N4C[C@@H](C)O[C@H](C)C4)cc23)cccc1C(F)(F)F. The van der Waals surface area contributed by atoms with Crippen LogP contribution in [0.1, 0.15) is 49.2 Å². The highest BCUT2D eigenvalue weighted by Crippen LogP contribution is 2.36. The van der Waals surface area contributed by atoms with E-state index >= 15 is 0 Å². The van der Waals surface area contributed by atoms with Crippen LogP contribution in [-0.4, -0.2) is 40.5 Å². The van der Waals surface area contributed by atoms with Crippen LogP contribution in [0.15, 0.2) is 30.5 Å². The lowest BCUT2D eigenvalue weighted by atomic mass is 9.97. The zero-order chi connectivity index (χ0) is 23.9. The molecule has 2 aromatic heterocycles. The Labute approximate surface area is 191 Å². The average Bonchev–Trinajstić information content (AvgIpc) is 2.74. The van der Waals surface area contributed by atoms with Crippen molar-refractivity contribution in [3.8, 4) is 0 Å². The molecule has 0 amide bonds. The molecule has 3 heterocycles. The van der Waals surface area contributed by atoms with Gasteiger partial charge in [0.1, 0.15) is 5.82 Å². The smallest absolute Gasteiger partial charge is 0.372 e. The van der Waals surface area contributed by atoms with E-state index in [4.69, 9.17) is 4.74 Å². The maximum atomic E-state index is 13.4. The number of rotatable bonds is 4. The summed E-state index contributed by atoms with van der Waals surface area (Å²) in [5.74, 6) is 1.32. The molecule has 3 atom stereocenters. The first-order chi connectivity index (χ1) is 15.5. The highest BCUT2D eigenvalue weighted by atomic mass is 19.4. The Hall–Kier alpha value is -2.94. The van der Waals surface area contributed by atoms with Crippen molar-refractivity contribution < 1.29 is 17.9 Å². The molecule has 9 heteroatoms. The Morgan fingerprint density at radius 3 is 2.45 bits per heavy atom. The topological polar surface area (TPSA) is 63.2 Å². The summed E-state index contributed by atoms with van der Waals surface area (Å²) >= 11 is 0. The number of aromatic nitrogens is 3. The van der Waals surface area contributed by atoms with Gasteiger partial charge in [-0.2, -0.15) is 18.3 Å². The first-order valence-corrected chi connectivity index (χ1v) is 11.0. The molecule has 0 spiro atoms. The Balaban J connectivity index is 1.70. The van der Waals surface area contributed by atoms with Gasteiger partial charge in [-0.25, -0.2) is 4.98 Å². The van der Waals surface area contributed by atoms with Gasteiger partial charge in [-0.1, -0.05) is 12.1 Å². The van der Waals surface area contributed by atoms with Crippen molar-refractivity contribution in [1.29, 1.82) is 0 Å². The van der Waals surface area contributed by atoms with Crippen LogP contribution in [0.25, 0.3) is 10.8 Å². The number of aryl methyl sites for hydroxylation is 1. The van der Waals surface area contributed by atoms with Crippen molar-refractivity contribution in [2.24, 2.45) is 0 Å². The molecule has 1 fully saturated rings. The number of nitrogens with zero attached hydrogens (tertiary/aromatic N) is 4. The lowest BCUT2D eigenvalue weighted by molar-refractivity contribution is -0.138. The number of halogens is 3. The van der Waals surface area contributed by atoms with Crippen molar-refractivity contribution in [2.45, 2.75) is 59.0 Å². The number of hydrogen-bond acceptors (Lipinski definition) is 6. The van der Waals surface area contributed by atoms with Gasteiger partial charge in [-0.05, 0) is 57.9 Å². The molecule has 1 aliphatic rings. The number of anilines is 2. The molecule has 3 aromatic rings. The van der Waals surface area contributed by atoms with Gasteiger partial charge in [0.15, 0.2) is 5.82 Å². The molecule has 0 unspecified atom stereocenters. The number of alkyl halides is 3. The summed E-state index contributed by atoms with van der Waals surface area (Å²) in [6, 6.07) is 5.80. The quantitative estimate of drug-likeness (QED) is 0.560. The standard InChI is InChI=1S/C24H28F3N5O/c1-13-11-32(12-14(2)33-13)22-9-19-20(10-28-22)17(5)30-31-23(19)29-16(4)18-7-6-8-21(15(18)3)24(25,26)27/h6-10,13-14,16H,11-12H2,1-5H3,(H,29,31)/t13-,14-,16-/m1/s1. The van der Waals surface area contributed by atoms with Crippen LogP contribution in [0.3, 0.4) is 0 Å². The third-order valence-electron chi connectivity index (χ3n) is 6.08. The molecule has 176 valence electrons. The second-order valence-corrected chi connectivity index (χ2v) is 8.77. The monoisotopic (exact) mass is 459 g/mol. The average molecular weight is 460 g/mol. The van der Waals surface area contributed by atoms with E-state index in [9.17, 15) is 13.2 Å². The number of hydrogen-bond donors (Lipinski definition) is 1. The van der Waals surface area contributed by atoms with Crippen LogP contribution in [-0.2, 0) is 10.9 Å². The highest BCUT2D eigenvalue weighted by molar-refractivity contribution is 5.94. The van der Waals surface area contributed by atoms with Crippen LogP contribution in [0.2, 0.25) is 0 Å². The van der Waals surface area contributed by atoms with Crippen molar-refractivity contribution in [2.75, 3.05) is 23.3 Å². The van der Waals surface area contributed by atoms with E-state index in [1.165, 1.54) is 13.0 Å². The van der Waals surface area contributed by atoms with E-state index in [1.807, 2.05) is 33.8 Å². The molecule has 0 aliphatic carbocycles. The van der Waals surface area contributed by atoms with Crippen LogP contribution in [0.4, 0.5) is 24.8 Å². The van der Waals surface area contributed by atoms with E-state index in [0.29, 0.717) is 11.4 Å². The van der Waals surface area contributed by atoms with Gasteiger partial charge in [0, 0.05) is 30.1 Å². The second-order valence-electron chi connectivity index (χ2n) is 8.77. The fraction of sp³-hybridized carbons (Fsp3) is 0.458. The van der Waals surface area contributed by atoms with E-state index in [-0.39, 0.29) is 17.8 Å². The molecule has 4 rings (SSSR count). The van der Waals surface area contributed by atoms with Gasteiger partial charge in [-0.15, -0.1) is 5.10 Å². The van der Waals surface area contributed by atoms with Crippen molar-refractivity contribution >= 4 is 22.4 Å². The van der Waals surface area contributed by atoms with Crippen LogP contribution < -0.4 is 10.2 Å². The minimum absolute atomic E-state index is 0.0880. The summed E-state index contributed by atoms with van der Waals surface area (Å²) in [4.78, 5) is 6.82. The summed E-state index contributed by atoms with van der Waals surface area (Å²) in [5.41, 5.74) is 0.871. The lowest BCUT2D eigenvalue weighted by Crippen LogP contribution is -2.45. The van der Waals surface area contributed by atoms with Crippen LogP contribution in [0.5, 0.6) is 0 Å². The molecule has 1 saturated heterocycles. The Morgan fingerprint density at radius 1 is 1.09 bits per heavy atom. The number of ether oxygens (including phenoxy) is 1. The third kappa shape index (κ3) is 4.73. The normalized spacial score (nSPS) is 20.2. The molecule has 0 radical (unpaired) electrons. The van der Waals surface area contributed by atoms with Gasteiger partial charge in [0.25, 0.3) is 0 Å². The van der Waals surface area contributed by atoms with Crippen molar-refractivity contribution in [1.82, 2.24) is 15.2 Å². The van der Waals surface area contributed by atoms with Gasteiger partial charge < -0.3 is 15.0 Å². The molecule has 0 saturated carbocycles. The number of fused-ring (bicyclic) bond motifs is 1. The lowest BCUT2D eigenvalue weighted by Gasteiger charge is -2.36. The molecule has 0 bridgehead atoms. The maximum absolute atomic E-state index is 13.4. The van der Waals surface area contributed by atoms with Gasteiger partial charge >= 0.3 is 6.18 Å². The fourth-order valence-electron chi connectivity index (χ4n) is 4.52. The highest BCUT2D eigenvalue weighted by Gasteiger charge is 2.33. The molecule has 1 aliphatic heterocycles. The fourth-order valence-corrected chi connectivity index (χ4v) is 4.52. The zero-order valence-corrected chi connectivity index (χ0v) is 19.4. The van der Waals surface area contributed by atoms with E-state index < -0.39 is 17.8 Å². The number of pyridine rings is 1. The largest absolute Gasteiger partial charge is 0.416 e. The molecule has 1 aromatic carbocycles. The third-order valence-corrected chi connectivity index (χ3v) is 6.08. The Morgan fingerprint density at radius 2 is 1.79 bits per heavy atom. The van der Waals surface area contributed by atoms with Crippen molar-refractivity contribution in [3.05, 3.63) is 52.8 Å². The molecule has 33 heavy (non-hydrogen) atoms. The Bertz CT molecular complexity index is 1160. The van der Waals surface area contributed by atoms with Crippen LogP contribution in [0, 0.1) is 13.8 Å². The van der Waals surface area contributed by atoms with E-state index in [2.05, 4.69) is 25.4 Å². The summed E-state index contributed by atoms with van der Waals surface area (Å²) in [5, 5.41) is 13.5. The number of benzene rings is 1. The molecular weight excluding hydrogens is 431 g/mol. The van der Waals surface area contributed by atoms with Gasteiger partial charge in [-0.3, -0.25) is 0 Å². The maximum Gasteiger partial charge on any atom is 0.416 e. The van der Waals surface area contributed by atoms with Crippen LogP contribution >= 0.6 is 0 Å². The summed E-state index contributed by atoms with van der Waals surface area (Å²) in [6.45, 7) is 10.7. The Kier molecular flexibility index (Phi) is 6.18. The number of nitrogens with one attached hydrogen (secondary N) is 1. The predicted octanol–water partition coefficient (Wildman–Crippen LogP) is 5.45. The minimum Gasteiger partial charge on any atom is -0.372 e. The summed E-state index contributed by atoms with van der Waals surface area (Å²) in [6.07, 6.45) is -2.44. The first kappa shape index (κ1) is 23.2. The predicted molar refractivity (Wildman–Crippen MR) is 123 cm³/mol. The van der Waals surface area contributed by atoms with Crippen molar-refractivity contribution in [3.63, 3.8) is 0 Å². The van der Waals surface area contributed by atoms with Gasteiger partial charge in [0.2, 0.25) is 0 Å². The van der Waals surface area contributed by atoms with E-state index in [0.717, 1.165) is 41.4 Å². The minimum atomic E-state index is -4.40. The molecule has 6 nitrogen and oxygen atoms in total. The summed E-state index contributed by atoms with van der Waals surface area (Å²) < 4.78 is 46.0. The molecule has 1 N–H and O–H groups in total. The molecular formula is C24H28F3N5O. The summed E-state index contributed by atoms with van der Waals surface area (Å²) in [7, 11) is 0.